The van der Waals surface area contributed by atoms with Crippen LogP contribution in [0.4, 0.5) is 0 Å². The highest BCUT2D eigenvalue weighted by molar-refractivity contribution is 6.30. The second kappa shape index (κ2) is 6.27. The van der Waals surface area contributed by atoms with Gasteiger partial charge in [0.1, 0.15) is 0 Å². The number of allylic oxidation sites excluding steroid dienone is 1. The maximum Gasteiger partial charge on any atom is 0.0406 e. The molecule has 0 saturated carbocycles. The Morgan fingerprint density at radius 3 is 2.29 bits per heavy atom. The zero-order valence-electron chi connectivity index (χ0n) is 9.64. The molecule has 0 N–H and O–H groups in total. The Labute approximate surface area is 108 Å². The van der Waals surface area contributed by atoms with Crippen LogP contribution >= 0.6 is 11.6 Å². The molecule has 0 bridgehead atoms. The van der Waals surface area contributed by atoms with Crippen LogP contribution < -0.4 is 0 Å². The van der Waals surface area contributed by atoms with Crippen LogP contribution in [-0.4, -0.2) is 0 Å². The molecule has 0 aliphatic rings. The first kappa shape index (κ1) is 11.9. The lowest BCUT2D eigenvalue weighted by Gasteiger charge is -1.98. The van der Waals surface area contributed by atoms with Crippen molar-refractivity contribution in [3.05, 3.63) is 76.8 Å². The van der Waals surface area contributed by atoms with E-state index < -0.39 is 0 Å². The van der Waals surface area contributed by atoms with Gasteiger partial charge in [0.05, 0.1) is 0 Å². The number of benzene rings is 2. The van der Waals surface area contributed by atoms with Gasteiger partial charge in [0.15, 0.2) is 0 Å². The average molecular weight is 243 g/mol. The molecule has 86 valence electrons. The third-order valence-electron chi connectivity index (χ3n) is 2.62. The van der Waals surface area contributed by atoms with E-state index in [4.69, 9.17) is 11.6 Å². The van der Waals surface area contributed by atoms with Crippen LogP contribution in [0.15, 0.2) is 60.7 Å². The highest BCUT2D eigenvalue weighted by Crippen LogP contribution is 2.11. The van der Waals surface area contributed by atoms with E-state index in [0.717, 1.165) is 17.9 Å². The number of hydrogen-bond donors (Lipinski definition) is 0. The summed E-state index contributed by atoms with van der Waals surface area (Å²) in [6, 6.07) is 18.4. The van der Waals surface area contributed by atoms with Crippen molar-refractivity contribution in [1.29, 1.82) is 0 Å². The van der Waals surface area contributed by atoms with Crippen molar-refractivity contribution >= 4 is 17.7 Å². The zero-order chi connectivity index (χ0) is 11.9. The molecule has 0 radical (unpaired) electrons. The van der Waals surface area contributed by atoms with Crippen LogP contribution in [0.3, 0.4) is 0 Å². The monoisotopic (exact) mass is 242 g/mol. The molecule has 17 heavy (non-hydrogen) atoms. The van der Waals surface area contributed by atoms with Crippen LogP contribution in [0.25, 0.3) is 6.08 Å². The molecular weight excluding hydrogens is 228 g/mol. The van der Waals surface area contributed by atoms with Crippen molar-refractivity contribution in [2.45, 2.75) is 12.8 Å². The molecule has 0 aliphatic heterocycles. The van der Waals surface area contributed by atoms with Gasteiger partial charge in [-0.05, 0) is 36.1 Å². The van der Waals surface area contributed by atoms with E-state index in [1.807, 2.05) is 18.2 Å². The number of halogens is 1. The number of rotatable bonds is 4. The van der Waals surface area contributed by atoms with Crippen LogP contribution in [0, 0.1) is 0 Å². The van der Waals surface area contributed by atoms with Gasteiger partial charge < -0.3 is 0 Å². The summed E-state index contributed by atoms with van der Waals surface area (Å²) in [5.41, 5.74) is 2.58. The summed E-state index contributed by atoms with van der Waals surface area (Å²) in [5, 5.41) is 0.800. The summed E-state index contributed by atoms with van der Waals surface area (Å²) in [7, 11) is 0. The Morgan fingerprint density at radius 2 is 1.59 bits per heavy atom. The summed E-state index contributed by atoms with van der Waals surface area (Å²) in [6.45, 7) is 0. The van der Waals surface area contributed by atoms with Crippen LogP contribution in [-0.2, 0) is 6.42 Å². The summed E-state index contributed by atoms with van der Waals surface area (Å²) in [6.07, 6.45) is 6.48. The topological polar surface area (TPSA) is 0 Å². The Bertz CT molecular complexity index is 469. The predicted octanol–water partition coefficient (Wildman–Crippen LogP) is 4.99. The second-order valence-electron chi connectivity index (χ2n) is 3.98. The van der Waals surface area contributed by atoms with Gasteiger partial charge in [0.2, 0.25) is 0 Å². The van der Waals surface area contributed by atoms with Gasteiger partial charge in [0, 0.05) is 5.02 Å². The first-order valence-corrected chi connectivity index (χ1v) is 6.18. The Balaban J connectivity index is 1.84. The van der Waals surface area contributed by atoms with Crippen molar-refractivity contribution in [2.75, 3.05) is 0 Å². The van der Waals surface area contributed by atoms with Crippen molar-refractivity contribution in [1.82, 2.24) is 0 Å². The van der Waals surface area contributed by atoms with Gasteiger partial charge in [-0.15, -0.1) is 0 Å². The van der Waals surface area contributed by atoms with E-state index in [1.54, 1.807) is 0 Å². The zero-order valence-corrected chi connectivity index (χ0v) is 10.4. The molecule has 0 nitrogen and oxygen atoms in total. The van der Waals surface area contributed by atoms with Crippen LogP contribution in [0.1, 0.15) is 17.5 Å². The van der Waals surface area contributed by atoms with Crippen LogP contribution in [0.2, 0.25) is 5.02 Å². The Kier molecular flexibility index (Phi) is 4.40. The molecule has 0 atom stereocenters. The van der Waals surface area contributed by atoms with E-state index in [-0.39, 0.29) is 0 Å². The van der Waals surface area contributed by atoms with Crippen molar-refractivity contribution in [3.63, 3.8) is 0 Å². The maximum atomic E-state index is 5.84. The average Bonchev–Trinajstić information content (AvgIpc) is 2.38. The number of hydrogen-bond acceptors (Lipinski definition) is 0. The fourth-order valence-electron chi connectivity index (χ4n) is 1.68. The summed E-state index contributed by atoms with van der Waals surface area (Å²) in [5.74, 6) is 0. The van der Waals surface area contributed by atoms with Gasteiger partial charge in [-0.3, -0.25) is 0 Å². The van der Waals surface area contributed by atoms with Gasteiger partial charge in [-0.2, -0.15) is 0 Å². The minimum Gasteiger partial charge on any atom is -0.0843 e. The first-order valence-electron chi connectivity index (χ1n) is 5.80. The maximum absolute atomic E-state index is 5.84. The summed E-state index contributed by atoms with van der Waals surface area (Å²) in [4.78, 5) is 0. The molecule has 0 spiro atoms. The van der Waals surface area contributed by atoms with Gasteiger partial charge in [0.25, 0.3) is 0 Å². The van der Waals surface area contributed by atoms with E-state index in [1.165, 1.54) is 11.1 Å². The molecule has 0 saturated heterocycles. The largest absolute Gasteiger partial charge is 0.0843 e. The fourth-order valence-corrected chi connectivity index (χ4v) is 1.81. The molecule has 0 heterocycles. The van der Waals surface area contributed by atoms with Crippen molar-refractivity contribution in [3.8, 4) is 0 Å². The summed E-state index contributed by atoms with van der Waals surface area (Å²) >= 11 is 5.84. The quantitative estimate of drug-likeness (QED) is 0.709. The van der Waals surface area contributed by atoms with Crippen LogP contribution in [0.5, 0.6) is 0 Å². The highest BCUT2D eigenvalue weighted by Gasteiger charge is 1.91. The molecule has 0 amide bonds. The lowest BCUT2D eigenvalue weighted by atomic mass is 10.1. The Morgan fingerprint density at radius 1 is 0.882 bits per heavy atom. The molecule has 0 aromatic heterocycles. The smallest absolute Gasteiger partial charge is 0.0406 e. The molecule has 2 aromatic carbocycles. The lowest BCUT2D eigenvalue weighted by Crippen LogP contribution is -1.81. The number of aryl methyl sites for hydroxylation is 1. The first-order chi connectivity index (χ1) is 8.34. The van der Waals surface area contributed by atoms with Crippen molar-refractivity contribution in [2.24, 2.45) is 0 Å². The molecule has 0 unspecified atom stereocenters. The molecule has 1 heteroatoms. The molecule has 2 aromatic rings. The minimum absolute atomic E-state index is 0.800. The van der Waals surface area contributed by atoms with Gasteiger partial charge in [-0.25, -0.2) is 0 Å². The second-order valence-corrected chi connectivity index (χ2v) is 4.41. The molecule has 0 fully saturated rings. The van der Waals surface area contributed by atoms with E-state index in [2.05, 4.69) is 48.6 Å². The fraction of sp³-hybridized carbons (Fsp3) is 0.125. The summed E-state index contributed by atoms with van der Waals surface area (Å²) < 4.78 is 0. The third kappa shape index (κ3) is 4.08. The van der Waals surface area contributed by atoms with E-state index >= 15 is 0 Å². The standard InChI is InChI=1S/C16H15Cl/c17-16-12-10-15(11-13-16)9-5-4-8-14-6-2-1-3-7-14/h1-4,6-8,10-13H,5,9H2. The SMILES string of the molecule is Clc1ccc(CCC=Cc2ccccc2)cc1. The Hall–Kier alpha value is -1.53. The lowest BCUT2D eigenvalue weighted by molar-refractivity contribution is 1.01. The molecule has 0 aliphatic carbocycles. The van der Waals surface area contributed by atoms with Gasteiger partial charge >= 0.3 is 0 Å². The predicted molar refractivity (Wildman–Crippen MR) is 75.2 cm³/mol. The van der Waals surface area contributed by atoms with Gasteiger partial charge in [-0.1, -0.05) is 66.2 Å². The normalized spacial score (nSPS) is 10.9. The minimum atomic E-state index is 0.800. The van der Waals surface area contributed by atoms with Crippen molar-refractivity contribution < 1.29 is 0 Å². The molecular formula is C16H15Cl. The third-order valence-corrected chi connectivity index (χ3v) is 2.87. The van der Waals surface area contributed by atoms with E-state index in [0.29, 0.717) is 0 Å². The van der Waals surface area contributed by atoms with E-state index in [9.17, 15) is 0 Å². The highest BCUT2D eigenvalue weighted by atomic mass is 35.5. The molecule has 2 rings (SSSR count).